The number of rotatable bonds is 4. The molecule has 10 nitrogen and oxygen atoms in total. The number of hydrogen-bond donors (Lipinski definition) is 3. The van der Waals surface area contributed by atoms with Crippen molar-refractivity contribution in [3.05, 3.63) is 35.2 Å². The number of sulfone groups is 1. The Kier molecular flexibility index (Phi) is 4.22. The van der Waals surface area contributed by atoms with E-state index in [2.05, 4.69) is 9.98 Å². The highest BCUT2D eigenvalue weighted by atomic mass is 32.2. The van der Waals surface area contributed by atoms with E-state index >= 15 is 0 Å². The highest BCUT2D eigenvalue weighted by Crippen LogP contribution is 2.48. The van der Waals surface area contributed by atoms with Gasteiger partial charge in [-0.3, -0.25) is 9.78 Å². The van der Waals surface area contributed by atoms with Gasteiger partial charge in [0, 0.05) is 6.20 Å². The summed E-state index contributed by atoms with van der Waals surface area (Å²) >= 11 is 0. The Hall–Kier alpha value is -2.95. The van der Waals surface area contributed by atoms with Crippen molar-refractivity contribution in [3.8, 4) is 0 Å². The van der Waals surface area contributed by atoms with Gasteiger partial charge in [0.1, 0.15) is 4.75 Å². The minimum absolute atomic E-state index is 0.00156. The number of pyridine rings is 1. The van der Waals surface area contributed by atoms with E-state index in [1.165, 1.54) is 26.1 Å². The Morgan fingerprint density at radius 2 is 2.11 bits per heavy atom. The van der Waals surface area contributed by atoms with Crippen LogP contribution in [0.5, 0.6) is 0 Å². The lowest BCUT2D eigenvalue weighted by Gasteiger charge is -2.37. The second kappa shape index (κ2) is 6.05. The lowest BCUT2D eigenvalue weighted by Crippen LogP contribution is -2.58. The number of aliphatic imine (C=N–C) groups is 1. The van der Waals surface area contributed by atoms with E-state index in [0.717, 1.165) is 4.90 Å². The number of aromatic nitrogens is 1. The van der Waals surface area contributed by atoms with Crippen LogP contribution >= 0.6 is 0 Å². The van der Waals surface area contributed by atoms with Gasteiger partial charge in [0.2, 0.25) is 0 Å². The topological polar surface area (TPSA) is 169 Å². The van der Waals surface area contributed by atoms with Gasteiger partial charge >= 0.3 is 5.97 Å². The first kappa shape index (κ1) is 18.8. The average Bonchev–Trinajstić information content (AvgIpc) is 2.72. The molecule has 27 heavy (non-hydrogen) atoms. The van der Waals surface area contributed by atoms with Crippen molar-refractivity contribution < 1.29 is 23.1 Å². The molecule has 11 heteroatoms. The van der Waals surface area contributed by atoms with E-state index in [0.29, 0.717) is 11.3 Å². The SMILES string of the molecule is CC1(C)[C@H](C(=O)O)N2C(=O)/C(=C/c3cc(CN=C(N)N)ccn3)[C@H]2S1(=O)=O. The fraction of sp³-hybridized carbons (Fsp3) is 0.375. The number of β-lactam (4-membered cyclic amide) rings is 1. The van der Waals surface area contributed by atoms with Gasteiger partial charge in [0.15, 0.2) is 27.2 Å². The zero-order valence-corrected chi connectivity index (χ0v) is 15.5. The standard InChI is InChI=1S/C16H19N5O5S/c1-16(2)11(14(23)24)21-12(22)10(13(21)27(16,25)26)6-9-5-8(3-4-19-9)7-20-15(17)18/h3-6,11,13H,7H2,1-2H3,(H,23,24)(H4,17,18,20)/b10-6-/t11-,13+/m0/s1. The molecule has 0 aromatic carbocycles. The third-order valence-corrected chi connectivity index (χ3v) is 7.55. The Balaban J connectivity index is 1.99. The number of fused-ring (bicyclic) bond motifs is 1. The molecule has 2 aliphatic heterocycles. The number of carbonyl (C=O) groups is 2. The Morgan fingerprint density at radius 1 is 1.44 bits per heavy atom. The second-order valence-electron chi connectivity index (χ2n) is 6.88. The van der Waals surface area contributed by atoms with Crippen LogP contribution in [0.2, 0.25) is 0 Å². The van der Waals surface area contributed by atoms with Crippen LogP contribution in [0.25, 0.3) is 6.08 Å². The molecule has 0 radical (unpaired) electrons. The van der Waals surface area contributed by atoms with E-state index in [1.807, 2.05) is 0 Å². The average molecular weight is 393 g/mol. The number of amides is 1. The molecule has 0 unspecified atom stereocenters. The minimum atomic E-state index is -3.92. The normalized spacial score (nSPS) is 26.4. The van der Waals surface area contributed by atoms with E-state index in [9.17, 15) is 23.1 Å². The first-order valence-corrected chi connectivity index (χ1v) is 9.54. The highest BCUT2D eigenvalue weighted by Gasteiger charge is 2.70. The predicted octanol–water partition coefficient (Wildman–Crippen LogP) is -0.933. The zero-order chi connectivity index (χ0) is 20.1. The third-order valence-electron chi connectivity index (χ3n) is 4.79. The number of nitrogens with zero attached hydrogens (tertiary/aromatic N) is 3. The van der Waals surface area contributed by atoms with Crippen LogP contribution in [0, 0.1) is 0 Å². The van der Waals surface area contributed by atoms with Crippen LogP contribution in [0.15, 0.2) is 28.9 Å². The third kappa shape index (κ3) is 2.74. The lowest BCUT2D eigenvalue weighted by molar-refractivity contribution is -0.152. The van der Waals surface area contributed by atoms with Crippen LogP contribution in [0.1, 0.15) is 25.1 Å². The summed E-state index contributed by atoms with van der Waals surface area (Å²) in [5, 5.41) is 8.13. The second-order valence-corrected chi connectivity index (χ2v) is 9.47. The van der Waals surface area contributed by atoms with Crippen molar-refractivity contribution in [1.82, 2.24) is 9.88 Å². The number of aliphatic carboxylic acids is 1. The predicted molar refractivity (Wildman–Crippen MR) is 96.8 cm³/mol. The first-order valence-electron chi connectivity index (χ1n) is 7.99. The molecular formula is C16H19N5O5S. The van der Waals surface area contributed by atoms with Crippen LogP contribution < -0.4 is 11.5 Å². The van der Waals surface area contributed by atoms with Gasteiger partial charge in [-0.2, -0.15) is 0 Å². The summed E-state index contributed by atoms with van der Waals surface area (Å²) in [7, 11) is -3.92. The van der Waals surface area contributed by atoms with Crippen LogP contribution in [0.4, 0.5) is 0 Å². The molecule has 0 bridgehead atoms. The fourth-order valence-electron chi connectivity index (χ4n) is 3.36. The molecule has 3 heterocycles. The van der Waals surface area contributed by atoms with Gasteiger partial charge in [-0.1, -0.05) is 0 Å². The largest absolute Gasteiger partial charge is 0.480 e. The van der Waals surface area contributed by atoms with Crippen molar-refractivity contribution in [3.63, 3.8) is 0 Å². The zero-order valence-electron chi connectivity index (χ0n) is 14.7. The maximum Gasteiger partial charge on any atom is 0.328 e. The van der Waals surface area contributed by atoms with Crippen molar-refractivity contribution in [2.45, 2.75) is 36.6 Å². The molecule has 1 aromatic heterocycles. The Morgan fingerprint density at radius 3 is 2.70 bits per heavy atom. The molecule has 0 saturated carbocycles. The molecule has 0 aliphatic carbocycles. The van der Waals surface area contributed by atoms with Gasteiger partial charge in [-0.05, 0) is 37.6 Å². The van der Waals surface area contributed by atoms with Crippen LogP contribution in [-0.4, -0.2) is 57.4 Å². The number of carboxylic acid groups (broad SMARTS) is 1. The van der Waals surface area contributed by atoms with E-state index in [-0.39, 0.29) is 18.1 Å². The summed E-state index contributed by atoms with van der Waals surface area (Å²) in [5.41, 5.74) is 11.7. The number of guanidine groups is 1. The molecule has 2 atom stereocenters. The number of carboxylic acids is 1. The molecule has 2 fully saturated rings. The van der Waals surface area contributed by atoms with E-state index in [1.54, 1.807) is 12.1 Å². The van der Waals surface area contributed by atoms with E-state index in [4.69, 9.17) is 11.5 Å². The first-order chi connectivity index (χ1) is 12.5. The molecule has 3 rings (SSSR count). The van der Waals surface area contributed by atoms with Gasteiger partial charge in [-0.15, -0.1) is 0 Å². The summed E-state index contributed by atoms with van der Waals surface area (Å²) in [6.07, 6.45) is 2.85. The smallest absolute Gasteiger partial charge is 0.328 e. The maximum absolute atomic E-state index is 12.8. The van der Waals surface area contributed by atoms with E-state index < -0.39 is 37.9 Å². The van der Waals surface area contributed by atoms with Crippen molar-refractivity contribution >= 4 is 33.7 Å². The number of carbonyl (C=O) groups excluding carboxylic acids is 1. The van der Waals surface area contributed by atoms with Crippen molar-refractivity contribution in [1.29, 1.82) is 0 Å². The quantitative estimate of drug-likeness (QED) is 0.255. The van der Waals surface area contributed by atoms with Gasteiger partial charge < -0.3 is 21.5 Å². The number of nitrogens with two attached hydrogens (primary N) is 2. The van der Waals surface area contributed by atoms with Gasteiger partial charge in [0.25, 0.3) is 5.91 Å². The maximum atomic E-state index is 12.8. The molecule has 5 N–H and O–H groups in total. The summed E-state index contributed by atoms with van der Waals surface area (Å²) in [6.45, 7) is 2.84. The molecular weight excluding hydrogens is 374 g/mol. The summed E-state index contributed by atoms with van der Waals surface area (Å²) < 4.78 is 24.0. The molecule has 2 saturated heterocycles. The minimum Gasteiger partial charge on any atom is -0.480 e. The molecule has 144 valence electrons. The van der Waals surface area contributed by atoms with Crippen molar-refractivity contribution in [2.75, 3.05) is 0 Å². The molecule has 0 spiro atoms. The van der Waals surface area contributed by atoms with Crippen molar-refractivity contribution in [2.24, 2.45) is 16.5 Å². The molecule has 1 amide bonds. The van der Waals surface area contributed by atoms with Gasteiger partial charge in [-0.25, -0.2) is 18.2 Å². The monoisotopic (exact) mass is 393 g/mol. The highest BCUT2D eigenvalue weighted by molar-refractivity contribution is 7.94. The lowest BCUT2D eigenvalue weighted by atomic mass is 9.95. The molecule has 2 aliphatic rings. The summed E-state index contributed by atoms with van der Waals surface area (Å²) in [6, 6.07) is 1.87. The van der Waals surface area contributed by atoms with Crippen LogP contribution in [0.3, 0.4) is 0 Å². The Labute approximate surface area is 155 Å². The summed E-state index contributed by atoms with van der Waals surface area (Å²) in [5.74, 6) is -2.05. The molecule has 1 aromatic rings. The van der Waals surface area contributed by atoms with Gasteiger partial charge in [0.05, 0.1) is 17.8 Å². The number of hydrogen-bond acceptors (Lipinski definition) is 6. The fourth-order valence-corrected chi connectivity index (χ4v) is 5.48. The summed E-state index contributed by atoms with van der Waals surface area (Å²) in [4.78, 5) is 32.9. The Bertz CT molecular complexity index is 994. The van der Waals surface area contributed by atoms with Crippen LogP contribution in [-0.2, 0) is 26.0 Å².